The molecule has 10 heteroatoms. The van der Waals surface area contributed by atoms with Crippen LogP contribution in [0.4, 0.5) is 0 Å². The van der Waals surface area contributed by atoms with E-state index in [4.69, 9.17) is 42.5 Å². The number of fused-ring (bicyclic) bond motifs is 3. The van der Waals surface area contributed by atoms with Crippen molar-refractivity contribution in [2.24, 2.45) is 5.92 Å². The third kappa shape index (κ3) is 4.96. The minimum atomic E-state index is -0.421. The van der Waals surface area contributed by atoms with E-state index in [0.717, 1.165) is 11.1 Å². The maximum absolute atomic E-state index is 13.7. The largest absolute Gasteiger partial charge is 0.496 e. The highest BCUT2D eigenvalue weighted by Gasteiger charge is 2.47. The van der Waals surface area contributed by atoms with Gasteiger partial charge in [-0.2, -0.15) is 5.10 Å². The summed E-state index contributed by atoms with van der Waals surface area (Å²) in [5, 5.41) is 5.69. The summed E-state index contributed by atoms with van der Waals surface area (Å²) < 4.78 is 18.8. The Hall–Kier alpha value is -3.23. The third-order valence-corrected chi connectivity index (χ3v) is 7.76. The summed E-state index contributed by atoms with van der Waals surface area (Å²) in [5.41, 5.74) is 3.46. The smallest absolute Gasteiger partial charge is 0.309 e. The highest BCUT2D eigenvalue weighted by atomic mass is 35.5. The monoisotopic (exact) mass is 571 g/mol. The van der Waals surface area contributed by atoms with Gasteiger partial charge in [0.15, 0.2) is 5.69 Å². The van der Waals surface area contributed by atoms with Crippen LogP contribution >= 0.6 is 23.2 Å². The van der Waals surface area contributed by atoms with Gasteiger partial charge in [-0.15, -0.1) is 0 Å². The number of carbonyl (C=O) groups excluding carboxylic acids is 2. The van der Waals surface area contributed by atoms with Gasteiger partial charge in [-0.1, -0.05) is 23.2 Å². The van der Waals surface area contributed by atoms with Crippen LogP contribution in [-0.4, -0.2) is 52.9 Å². The molecule has 0 saturated heterocycles. The Labute approximate surface area is 237 Å². The molecule has 3 aromatic rings. The van der Waals surface area contributed by atoms with E-state index in [9.17, 15) is 9.59 Å². The minimum Gasteiger partial charge on any atom is -0.496 e. The number of benzene rings is 2. The van der Waals surface area contributed by atoms with E-state index in [1.165, 1.54) is 0 Å². The molecule has 0 N–H and O–H groups in total. The van der Waals surface area contributed by atoms with Gasteiger partial charge in [-0.05, 0) is 63.9 Å². The fourth-order valence-electron chi connectivity index (χ4n) is 4.89. The molecule has 8 nitrogen and oxygen atoms in total. The van der Waals surface area contributed by atoms with Gasteiger partial charge in [0, 0.05) is 45.7 Å². The molecule has 0 spiro atoms. The quantitative estimate of drug-likeness (QED) is 0.323. The Morgan fingerprint density at radius 3 is 2.46 bits per heavy atom. The number of halogens is 2. The summed E-state index contributed by atoms with van der Waals surface area (Å²) in [7, 11) is 3.35. The van der Waals surface area contributed by atoms with Crippen molar-refractivity contribution in [2.45, 2.75) is 52.2 Å². The number of hydrogen-bond acceptors (Lipinski definition) is 6. The van der Waals surface area contributed by atoms with Crippen LogP contribution in [0.3, 0.4) is 0 Å². The van der Waals surface area contributed by atoms with Crippen molar-refractivity contribution in [3.63, 3.8) is 0 Å². The van der Waals surface area contributed by atoms with Gasteiger partial charge >= 0.3 is 5.97 Å². The van der Waals surface area contributed by atoms with Crippen molar-refractivity contribution in [3.8, 4) is 28.4 Å². The van der Waals surface area contributed by atoms with Crippen LogP contribution in [0.15, 0.2) is 30.3 Å². The van der Waals surface area contributed by atoms with Crippen molar-refractivity contribution >= 4 is 35.1 Å². The fraction of sp³-hybridized carbons (Fsp3) is 0.414. The molecule has 2 aromatic carbocycles. The molecule has 1 amide bonds. The Kier molecular flexibility index (Phi) is 7.06. The molecule has 2 heterocycles. The fourth-order valence-corrected chi connectivity index (χ4v) is 5.41. The average Bonchev–Trinajstić information content (AvgIpc) is 3.58. The maximum Gasteiger partial charge on any atom is 0.309 e. The molecule has 2 atom stereocenters. The summed E-state index contributed by atoms with van der Waals surface area (Å²) in [6, 6.07) is 8.95. The second-order valence-corrected chi connectivity index (χ2v) is 11.7. The highest BCUT2D eigenvalue weighted by Crippen LogP contribution is 2.54. The molecule has 1 aliphatic heterocycles. The number of nitrogens with zero attached hydrogens (tertiary/aromatic N) is 3. The average molecular weight is 572 g/mol. The molecular formula is C29H31Cl2N3O5. The van der Waals surface area contributed by atoms with E-state index < -0.39 is 5.54 Å². The molecule has 1 aromatic heterocycles. The minimum absolute atomic E-state index is 0.0419. The number of aromatic nitrogens is 2. The lowest BCUT2D eigenvalue weighted by Crippen LogP contribution is -2.43. The van der Waals surface area contributed by atoms with Crippen LogP contribution in [0.25, 0.3) is 16.9 Å². The first kappa shape index (κ1) is 27.3. The van der Waals surface area contributed by atoms with Gasteiger partial charge in [0.25, 0.3) is 5.91 Å². The molecule has 2 aliphatic rings. The number of rotatable bonds is 6. The molecule has 39 heavy (non-hydrogen) atoms. The lowest BCUT2D eigenvalue weighted by atomic mass is 9.96. The summed E-state index contributed by atoms with van der Waals surface area (Å²) in [4.78, 5) is 27.8. The van der Waals surface area contributed by atoms with Crippen LogP contribution in [0, 0.1) is 5.92 Å². The van der Waals surface area contributed by atoms with Crippen molar-refractivity contribution in [1.82, 2.24) is 14.7 Å². The van der Waals surface area contributed by atoms with E-state index in [1.54, 1.807) is 48.9 Å². The van der Waals surface area contributed by atoms with Gasteiger partial charge < -0.3 is 19.1 Å². The molecule has 206 valence electrons. The number of carbonyl (C=O) groups is 2. The van der Waals surface area contributed by atoms with Crippen molar-refractivity contribution in [2.75, 3.05) is 20.8 Å². The van der Waals surface area contributed by atoms with E-state index in [1.807, 2.05) is 32.9 Å². The molecule has 0 unspecified atom stereocenters. The van der Waals surface area contributed by atoms with Crippen LogP contribution in [-0.2, 0) is 16.1 Å². The SMILES string of the molecule is CCOC(=O)[C@@H]1C[C@@H]1c1cc2c(cc1OC)OCc1c(C(=O)N(C)C(C)(C)C)nn(-c3cc(Cl)cc(Cl)c3)c1-2. The zero-order valence-electron chi connectivity index (χ0n) is 22.8. The van der Waals surface area contributed by atoms with Crippen molar-refractivity contribution in [3.05, 3.63) is 57.2 Å². The molecule has 0 bridgehead atoms. The maximum atomic E-state index is 13.7. The first-order chi connectivity index (χ1) is 18.4. The van der Waals surface area contributed by atoms with Gasteiger partial charge in [0.2, 0.25) is 0 Å². The number of methoxy groups -OCH3 is 1. The standard InChI is InChI=1S/C29H31Cl2N3O5/c1-7-38-28(36)20-11-18(20)19-12-21-24(13-23(19)37-6)39-14-22-25(27(35)33(5)29(2,3)4)32-34(26(21)22)17-9-15(30)8-16(31)10-17/h8-10,12-13,18,20H,7,11,14H2,1-6H3/t18-,20-/m1/s1. The van der Waals surface area contributed by atoms with Gasteiger partial charge in [-0.25, -0.2) is 4.68 Å². The van der Waals surface area contributed by atoms with E-state index in [2.05, 4.69) is 0 Å². The first-order valence-electron chi connectivity index (χ1n) is 12.8. The Bertz CT molecular complexity index is 1460. The van der Waals surface area contributed by atoms with Gasteiger partial charge in [0.05, 0.1) is 31.0 Å². The Morgan fingerprint density at radius 2 is 1.85 bits per heavy atom. The second-order valence-electron chi connectivity index (χ2n) is 10.8. The summed E-state index contributed by atoms with van der Waals surface area (Å²) >= 11 is 12.7. The van der Waals surface area contributed by atoms with Gasteiger partial charge in [0.1, 0.15) is 18.1 Å². The molecule has 0 radical (unpaired) electrons. The van der Waals surface area contributed by atoms with E-state index >= 15 is 0 Å². The molecule has 1 saturated carbocycles. The van der Waals surface area contributed by atoms with Crippen LogP contribution in [0.5, 0.6) is 11.5 Å². The van der Waals surface area contributed by atoms with Crippen LogP contribution < -0.4 is 9.47 Å². The third-order valence-electron chi connectivity index (χ3n) is 7.33. The number of hydrogen-bond donors (Lipinski definition) is 0. The Balaban J connectivity index is 1.70. The van der Waals surface area contributed by atoms with E-state index in [0.29, 0.717) is 51.5 Å². The van der Waals surface area contributed by atoms with E-state index in [-0.39, 0.29) is 36.0 Å². The lowest BCUT2D eigenvalue weighted by Gasteiger charge is -2.31. The topological polar surface area (TPSA) is 82.9 Å². The second kappa shape index (κ2) is 10.1. The molecule has 1 fully saturated rings. The zero-order chi connectivity index (χ0) is 28.2. The van der Waals surface area contributed by atoms with Gasteiger partial charge in [-0.3, -0.25) is 9.59 Å². The summed E-state index contributed by atoms with van der Waals surface area (Å²) in [6.45, 7) is 8.17. The zero-order valence-corrected chi connectivity index (χ0v) is 24.3. The lowest BCUT2D eigenvalue weighted by molar-refractivity contribution is -0.144. The van der Waals surface area contributed by atoms with Crippen molar-refractivity contribution in [1.29, 1.82) is 0 Å². The molecule has 5 rings (SSSR count). The van der Waals surface area contributed by atoms with Crippen LogP contribution in [0.2, 0.25) is 10.0 Å². The Morgan fingerprint density at radius 1 is 1.15 bits per heavy atom. The number of amides is 1. The normalized spacial score (nSPS) is 17.5. The predicted octanol–water partition coefficient (Wildman–Crippen LogP) is 6.28. The predicted molar refractivity (Wildman–Crippen MR) is 149 cm³/mol. The van der Waals surface area contributed by atoms with Crippen molar-refractivity contribution < 1.29 is 23.8 Å². The summed E-state index contributed by atoms with van der Waals surface area (Å²) in [6.07, 6.45) is 0.672. The molecule has 1 aliphatic carbocycles. The molecular weight excluding hydrogens is 541 g/mol. The van der Waals surface area contributed by atoms with Crippen LogP contribution in [0.1, 0.15) is 61.6 Å². The first-order valence-corrected chi connectivity index (χ1v) is 13.6. The summed E-state index contributed by atoms with van der Waals surface area (Å²) in [5.74, 6) is 0.519. The number of ether oxygens (including phenoxy) is 3. The number of esters is 1. The highest BCUT2D eigenvalue weighted by molar-refractivity contribution is 6.34.